The van der Waals surface area contributed by atoms with Crippen molar-refractivity contribution in [1.29, 1.82) is 0 Å². The van der Waals surface area contributed by atoms with Gasteiger partial charge in [-0.3, -0.25) is 4.79 Å². The van der Waals surface area contributed by atoms with E-state index in [0.717, 1.165) is 25.7 Å². The van der Waals surface area contributed by atoms with Gasteiger partial charge in [0.05, 0.1) is 6.42 Å². The smallest absolute Gasteiger partial charge is 0.344 e. The van der Waals surface area contributed by atoms with Crippen LogP contribution in [0, 0.1) is 11.3 Å². The van der Waals surface area contributed by atoms with Crippen molar-refractivity contribution in [1.82, 2.24) is 0 Å². The number of esters is 2. The molecule has 0 N–H and O–H groups in total. The average Bonchev–Trinajstić information content (AvgIpc) is 2.53. The van der Waals surface area contributed by atoms with Gasteiger partial charge in [0.15, 0.2) is 6.61 Å². The third-order valence-electron chi connectivity index (χ3n) is 4.22. The lowest BCUT2D eigenvalue weighted by Gasteiger charge is -2.28. The van der Waals surface area contributed by atoms with Crippen LogP contribution in [0.2, 0.25) is 0 Å². The summed E-state index contributed by atoms with van der Waals surface area (Å²) in [4.78, 5) is 34.0. The average molecular weight is 312 g/mol. The van der Waals surface area contributed by atoms with E-state index in [9.17, 15) is 14.4 Å². The van der Waals surface area contributed by atoms with E-state index in [0.29, 0.717) is 5.92 Å². The fraction of sp³-hybridized carbons (Fsp3) is 0.824. The molecule has 2 atom stereocenters. The van der Waals surface area contributed by atoms with Crippen LogP contribution in [0.4, 0.5) is 0 Å². The fourth-order valence-electron chi connectivity index (χ4n) is 2.79. The second-order valence-electron chi connectivity index (χ2n) is 7.13. The minimum absolute atomic E-state index is 0.00940. The monoisotopic (exact) mass is 312 g/mol. The summed E-state index contributed by atoms with van der Waals surface area (Å²) in [5.74, 6) is -0.805. The number of Topliss-reactive ketones (excluding diaryl/α,β-unsaturated/α-hetero) is 1. The van der Waals surface area contributed by atoms with Gasteiger partial charge in [-0.2, -0.15) is 0 Å². The maximum Gasteiger partial charge on any atom is 0.344 e. The molecule has 0 saturated heterocycles. The first-order chi connectivity index (χ1) is 10.2. The van der Waals surface area contributed by atoms with Crippen molar-refractivity contribution in [2.75, 3.05) is 6.61 Å². The summed E-state index contributed by atoms with van der Waals surface area (Å²) in [6.07, 6.45) is 4.17. The van der Waals surface area contributed by atoms with Crippen molar-refractivity contribution in [3.8, 4) is 0 Å². The molecule has 1 aliphatic rings. The molecule has 0 aromatic rings. The lowest BCUT2D eigenvalue weighted by Crippen LogP contribution is -2.30. The molecule has 0 spiro atoms. The maximum atomic E-state index is 11.9. The maximum absolute atomic E-state index is 11.9. The summed E-state index contributed by atoms with van der Waals surface area (Å²) >= 11 is 0. The molecule has 2 unspecified atom stereocenters. The van der Waals surface area contributed by atoms with Crippen LogP contribution in [0.3, 0.4) is 0 Å². The van der Waals surface area contributed by atoms with Crippen molar-refractivity contribution < 1.29 is 23.9 Å². The molecule has 5 nitrogen and oxygen atoms in total. The van der Waals surface area contributed by atoms with Crippen molar-refractivity contribution in [2.24, 2.45) is 11.3 Å². The second kappa shape index (κ2) is 8.30. The minimum atomic E-state index is -0.540. The van der Waals surface area contributed by atoms with Gasteiger partial charge in [0.2, 0.25) is 0 Å². The lowest BCUT2D eigenvalue weighted by molar-refractivity contribution is -0.165. The highest BCUT2D eigenvalue weighted by Gasteiger charge is 2.32. The van der Waals surface area contributed by atoms with Gasteiger partial charge in [0.1, 0.15) is 11.9 Å². The third kappa shape index (κ3) is 7.05. The van der Waals surface area contributed by atoms with Crippen LogP contribution in [-0.2, 0) is 23.9 Å². The molecule has 22 heavy (non-hydrogen) atoms. The van der Waals surface area contributed by atoms with Crippen LogP contribution < -0.4 is 0 Å². The topological polar surface area (TPSA) is 69.7 Å². The minimum Gasteiger partial charge on any atom is -0.460 e. The van der Waals surface area contributed by atoms with E-state index in [1.807, 2.05) is 0 Å². The molecule has 1 rings (SSSR count). The Morgan fingerprint density at radius 2 is 1.82 bits per heavy atom. The molecule has 1 saturated carbocycles. The molecule has 0 aliphatic heterocycles. The van der Waals surface area contributed by atoms with Gasteiger partial charge in [-0.05, 0) is 37.5 Å². The highest BCUT2D eigenvalue weighted by molar-refractivity contribution is 5.82. The Hall–Kier alpha value is -1.39. The number of rotatable bonds is 6. The first-order valence-corrected chi connectivity index (χ1v) is 8.04. The van der Waals surface area contributed by atoms with Gasteiger partial charge >= 0.3 is 11.9 Å². The molecule has 0 amide bonds. The Kier molecular flexibility index (Phi) is 7.04. The molecular formula is C17H28O5. The Bertz CT molecular complexity index is 413. The molecule has 5 heteroatoms. The zero-order valence-corrected chi connectivity index (χ0v) is 14.1. The fourth-order valence-corrected chi connectivity index (χ4v) is 2.79. The third-order valence-corrected chi connectivity index (χ3v) is 4.22. The quantitative estimate of drug-likeness (QED) is 0.557. The summed E-state index contributed by atoms with van der Waals surface area (Å²) in [6.45, 7) is 7.51. The number of hydrogen-bond donors (Lipinski definition) is 0. The standard InChI is InChI=1S/C17H28O5/c1-12-6-5-9-17(3,4)10-14(12)22-16(20)11-21-15(19)8-7-13(2)18/h12,14H,5-11H2,1-4H3. The van der Waals surface area contributed by atoms with Crippen molar-refractivity contribution in [3.63, 3.8) is 0 Å². The predicted octanol–water partition coefficient (Wildman–Crippen LogP) is 3.05. The Balaban J connectivity index is 2.39. The molecule has 0 radical (unpaired) electrons. The molecule has 0 bridgehead atoms. The van der Waals surface area contributed by atoms with Crippen molar-refractivity contribution >= 4 is 17.7 Å². The van der Waals surface area contributed by atoms with Crippen molar-refractivity contribution in [2.45, 2.75) is 72.3 Å². The van der Waals surface area contributed by atoms with E-state index in [-0.39, 0.29) is 36.8 Å². The van der Waals surface area contributed by atoms with E-state index in [1.165, 1.54) is 6.92 Å². The number of ether oxygens (including phenoxy) is 2. The molecule has 126 valence electrons. The summed E-state index contributed by atoms with van der Waals surface area (Å²) < 4.78 is 10.4. The zero-order chi connectivity index (χ0) is 16.8. The van der Waals surface area contributed by atoms with Gasteiger partial charge in [-0.15, -0.1) is 0 Å². The second-order valence-corrected chi connectivity index (χ2v) is 7.13. The predicted molar refractivity (Wildman–Crippen MR) is 82.2 cm³/mol. The summed E-state index contributed by atoms with van der Waals surface area (Å²) in [5, 5.41) is 0. The van der Waals surface area contributed by atoms with Gasteiger partial charge in [0.25, 0.3) is 0 Å². The summed E-state index contributed by atoms with van der Waals surface area (Å²) in [5.41, 5.74) is 0.161. The van der Waals surface area contributed by atoms with E-state index < -0.39 is 11.9 Å². The van der Waals surface area contributed by atoms with Crippen molar-refractivity contribution in [3.05, 3.63) is 0 Å². The van der Waals surface area contributed by atoms with Crippen LogP contribution in [0.5, 0.6) is 0 Å². The van der Waals surface area contributed by atoms with Gasteiger partial charge in [0, 0.05) is 6.42 Å². The molecule has 1 aliphatic carbocycles. The first kappa shape index (κ1) is 18.7. The molecule has 1 fully saturated rings. The normalized spacial score (nSPS) is 24.2. The molecule has 0 aromatic carbocycles. The molecule has 0 heterocycles. The Labute approximate surface area is 132 Å². The van der Waals surface area contributed by atoms with Crippen LogP contribution in [0.15, 0.2) is 0 Å². The van der Waals surface area contributed by atoms with Crippen LogP contribution >= 0.6 is 0 Å². The summed E-state index contributed by atoms with van der Waals surface area (Å²) in [6, 6.07) is 0. The van der Waals surface area contributed by atoms with Crippen LogP contribution in [-0.4, -0.2) is 30.4 Å². The van der Waals surface area contributed by atoms with E-state index in [4.69, 9.17) is 9.47 Å². The van der Waals surface area contributed by atoms with Gasteiger partial charge < -0.3 is 14.3 Å². The molecular weight excluding hydrogens is 284 g/mol. The SMILES string of the molecule is CC(=O)CCC(=O)OCC(=O)OC1CC(C)(C)CCCC1C. The van der Waals surface area contributed by atoms with Gasteiger partial charge in [-0.25, -0.2) is 4.79 Å². The highest BCUT2D eigenvalue weighted by Crippen LogP contribution is 2.37. The highest BCUT2D eigenvalue weighted by atomic mass is 16.6. The van der Waals surface area contributed by atoms with E-state index in [2.05, 4.69) is 20.8 Å². The first-order valence-electron chi connectivity index (χ1n) is 8.04. The Morgan fingerprint density at radius 1 is 1.14 bits per heavy atom. The molecule has 0 aromatic heterocycles. The van der Waals surface area contributed by atoms with Crippen LogP contribution in [0.1, 0.15) is 66.2 Å². The Morgan fingerprint density at radius 3 is 2.45 bits per heavy atom. The number of carbonyl (C=O) groups is 3. The largest absolute Gasteiger partial charge is 0.460 e. The zero-order valence-electron chi connectivity index (χ0n) is 14.1. The van der Waals surface area contributed by atoms with E-state index >= 15 is 0 Å². The lowest BCUT2D eigenvalue weighted by atomic mass is 9.83. The summed E-state index contributed by atoms with van der Waals surface area (Å²) in [7, 11) is 0. The van der Waals surface area contributed by atoms with E-state index in [1.54, 1.807) is 0 Å². The van der Waals surface area contributed by atoms with Gasteiger partial charge in [-0.1, -0.05) is 27.2 Å². The number of hydrogen-bond acceptors (Lipinski definition) is 5. The number of ketones is 1. The number of carbonyl (C=O) groups excluding carboxylic acids is 3. The van der Waals surface area contributed by atoms with Crippen LogP contribution in [0.25, 0.3) is 0 Å².